The molecule has 120 valence electrons. The first-order valence-corrected chi connectivity index (χ1v) is 9.02. The fraction of sp³-hybridized carbons (Fsp3) is 0.625. The van der Waals surface area contributed by atoms with Gasteiger partial charge in [0.15, 0.2) is 0 Å². The van der Waals surface area contributed by atoms with Crippen molar-refractivity contribution in [1.29, 1.82) is 0 Å². The highest BCUT2D eigenvalue weighted by Gasteiger charge is 2.09. The molecule has 1 rings (SSSR count). The third-order valence-corrected chi connectivity index (χ3v) is 4.13. The van der Waals surface area contributed by atoms with Crippen molar-refractivity contribution in [1.82, 2.24) is 5.32 Å². The van der Waals surface area contributed by atoms with Crippen molar-refractivity contribution in [3.63, 3.8) is 0 Å². The molecule has 0 aliphatic carbocycles. The van der Waals surface area contributed by atoms with E-state index in [1.54, 1.807) is 0 Å². The molecule has 21 heavy (non-hydrogen) atoms. The molecule has 0 saturated carbocycles. The van der Waals surface area contributed by atoms with Crippen LogP contribution in [-0.4, -0.2) is 26.4 Å². The Balaban J connectivity index is 2.41. The summed E-state index contributed by atoms with van der Waals surface area (Å²) in [5.41, 5.74) is 1.22. The first-order valence-electron chi connectivity index (χ1n) is 7.43. The largest absolute Gasteiger partial charge is 0.489 e. The van der Waals surface area contributed by atoms with Crippen LogP contribution in [0.5, 0.6) is 5.75 Å². The van der Waals surface area contributed by atoms with Crippen molar-refractivity contribution in [3.05, 3.63) is 26.6 Å². The highest BCUT2D eigenvalue weighted by molar-refractivity contribution is 9.11. The quantitative estimate of drug-likeness (QED) is 0.551. The van der Waals surface area contributed by atoms with Crippen LogP contribution in [0.1, 0.15) is 32.8 Å². The molecular weight excluding hydrogens is 398 g/mol. The fourth-order valence-electron chi connectivity index (χ4n) is 1.75. The maximum absolute atomic E-state index is 5.79. The van der Waals surface area contributed by atoms with Gasteiger partial charge in [0.1, 0.15) is 12.4 Å². The Hall–Kier alpha value is -0.100. The molecule has 1 N–H and O–H groups in total. The summed E-state index contributed by atoms with van der Waals surface area (Å²) in [5.74, 6) is 1.51. The van der Waals surface area contributed by atoms with Crippen LogP contribution in [0.4, 0.5) is 0 Å². The second-order valence-electron chi connectivity index (χ2n) is 5.31. The van der Waals surface area contributed by atoms with Gasteiger partial charge in [0, 0.05) is 13.2 Å². The molecular formula is C16H25Br2NO2. The fourth-order valence-corrected chi connectivity index (χ4v) is 3.26. The molecule has 0 atom stereocenters. The first-order chi connectivity index (χ1) is 10.0. The average molecular weight is 423 g/mol. The molecule has 1 aromatic rings. The Bertz CT molecular complexity index is 402. The summed E-state index contributed by atoms with van der Waals surface area (Å²) in [4.78, 5) is 0. The molecule has 0 saturated heterocycles. The number of rotatable bonds is 10. The molecule has 0 unspecified atom stereocenters. The van der Waals surface area contributed by atoms with Crippen molar-refractivity contribution in [2.24, 2.45) is 5.92 Å². The van der Waals surface area contributed by atoms with E-state index in [4.69, 9.17) is 9.47 Å². The monoisotopic (exact) mass is 421 g/mol. The van der Waals surface area contributed by atoms with E-state index in [2.05, 4.69) is 70.1 Å². The SMILES string of the molecule is CCNCc1cc(Br)c(OCCOCCC(C)C)c(Br)c1. The molecule has 0 spiro atoms. The van der Waals surface area contributed by atoms with Crippen molar-refractivity contribution in [3.8, 4) is 5.75 Å². The van der Waals surface area contributed by atoms with Crippen LogP contribution in [0.2, 0.25) is 0 Å². The Morgan fingerprint density at radius 2 is 1.76 bits per heavy atom. The number of hydrogen-bond donors (Lipinski definition) is 1. The first kappa shape index (κ1) is 18.9. The van der Waals surface area contributed by atoms with E-state index in [1.165, 1.54) is 5.56 Å². The van der Waals surface area contributed by atoms with E-state index in [0.29, 0.717) is 19.1 Å². The lowest BCUT2D eigenvalue weighted by Crippen LogP contribution is -2.12. The number of halogens is 2. The van der Waals surface area contributed by atoms with Crippen LogP contribution < -0.4 is 10.1 Å². The Morgan fingerprint density at radius 1 is 1.10 bits per heavy atom. The van der Waals surface area contributed by atoms with Gasteiger partial charge in [-0.1, -0.05) is 20.8 Å². The van der Waals surface area contributed by atoms with Crippen LogP contribution in [0, 0.1) is 5.92 Å². The lowest BCUT2D eigenvalue weighted by atomic mass is 10.1. The van der Waals surface area contributed by atoms with Gasteiger partial charge in [0.05, 0.1) is 15.6 Å². The van der Waals surface area contributed by atoms with Crippen molar-refractivity contribution < 1.29 is 9.47 Å². The van der Waals surface area contributed by atoms with E-state index in [1.807, 2.05) is 0 Å². The summed E-state index contributed by atoms with van der Waals surface area (Å²) in [6.07, 6.45) is 1.09. The minimum Gasteiger partial charge on any atom is -0.489 e. The third-order valence-electron chi connectivity index (χ3n) is 2.95. The van der Waals surface area contributed by atoms with Crippen molar-refractivity contribution in [2.45, 2.75) is 33.7 Å². The van der Waals surface area contributed by atoms with Crippen LogP contribution in [0.15, 0.2) is 21.1 Å². The van der Waals surface area contributed by atoms with E-state index in [-0.39, 0.29) is 0 Å². The van der Waals surface area contributed by atoms with Crippen LogP contribution in [-0.2, 0) is 11.3 Å². The minimum atomic E-state index is 0.557. The smallest absolute Gasteiger partial charge is 0.147 e. The van der Waals surface area contributed by atoms with Crippen LogP contribution in [0.3, 0.4) is 0 Å². The van der Waals surface area contributed by atoms with Crippen LogP contribution in [0.25, 0.3) is 0 Å². The van der Waals surface area contributed by atoms with E-state index in [0.717, 1.165) is 40.8 Å². The predicted octanol–water partition coefficient (Wildman–Crippen LogP) is 4.76. The van der Waals surface area contributed by atoms with Gasteiger partial charge in [0.25, 0.3) is 0 Å². The third kappa shape index (κ3) is 7.63. The summed E-state index contributed by atoms with van der Waals surface area (Å²) in [7, 11) is 0. The zero-order valence-corrected chi connectivity index (χ0v) is 16.2. The molecule has 0 fully saturated rings. The molecule has 0 heterocycles. The number of nitrogens with one attached hydrogen (secondary N) is 1. The maximum Gasteiger partial charge on any atom is 0.147 e. The summed E-state index contributed by atoms with van der Waals surface area (Å²) in [5, 5.41) is 3.31. The van der Waals surface area contributed by atoms with Gasteiger partial charge in [0.2, 0.25) is 0 Å². The van der Waals surface area contributed by atoms with Gasteiger partial charge < -0.3 is 14.8 Å². The van der Waals surface area contributed by atoms with Gasteiger partial charge in [-0.05, 0) is 68.4 Å². The zero-order valence-electron chi connectivity index (χ0n) is 13.0. The van der Waals surface area contributed by atoms with E-state index in [9.17, 15) is 0 Å². The van der Waals surface area contributed by atoms with Gasteiger partial charge in [-0.2, -0.15) is 0 Å². The topological polar surface area (TPSA) is 30.5 Å². The lowest BCUT2D eigenvalue weighted by Gasteiger charge is -2.13. The predicted molar refractivity (Wildman–Crippen MR) is 95.0 cm³/mol. The second-order valence-corrected chi connectivity index (χ2v) is 7.02. The lowest BCUT2D eigenvalue weighted by molar-refractivity contribution is 0.0921. The molecule has 0 aliphatic rings. The molecule has 0 bridgehead atoms. The summed E-state index contributed by atoms with van der Waals surface area (Å²) >= 11 is 7.14. The normalized spacial score (nSPS) is 11.1. The summed E-state index contributed by atoms with van der Waals surface area (Å²) in [6, 6.07) is 4.17. The van der Waals surface area contributed by atoms with Gasteiger partial charge in [-0.25, -0.2) is 0 Å². The molecule has 0 amide bonds. The number of benzene rings is 1. The number of hydrogen-bond acceptors (Lipinski definition) is 3. The molecule has 1 aromatic carbocycles. The van der Waals surface area contributed by atoms with Crippen LogP contribution >= 0.6 is 31.9 Å². The van der Waals surface area contributed by atoms with E-state index >= 15 is 0 Å². The average Bonchev–Trinajstić information content (AvgIpc) is 2.42. The maximum atomic E-state index is 5.79. The van der Waals surface area contributed by atoms with Gasteiger partial charge in [-0.15, -0.1) is 0 Å². The standard InChI is InChI=1S/C16H25Br2NO2/c1-4-19-11-13-9-14(17)16(15(18)10-13)21-8-7-20-6-5-12(2)3/h9-10,12,19H,4-8,11H2,1-3H3. The molecule has 0 aromatic heterocycles. The van der Waals surface area contributed by atoms with Gasteiger partial charge >= 0.3 is 0 Å². The molecule has 0 radical (unpaired) electrons. The zero-order chi connectivity index (χ0) is 15.7. The Labute approximate surface area is 145 Å². The van der Waals surface area contributed by atoms with Gasteiger partial charge in [-0.3, -0.25) is 0 Å². The summed E-state index contributed by atoms with van der Waals surface area (Å²) in [6.45, 7) is 10.3. The minimum absolute atomic E-state index is 0.557. The molecule has 5 heteroatoms. The van der Waals surface area contributed by atoms with E-state index < -0.39 is 0 Å². The summed E-state index contributed by atoms with van der Waals surface area (Å²) < 4.78 is 13.3. The second kappa shape index (κ2) is 10.6. The highest BCUT2D eigenvalue weighted by atomic mass is 79.9. The molecule has 0 aliphatic heterocycles. The van der Waals surface area contributed by atoms with Crippen molar-refractivity contribution >= 4 is 31.9 Å². The highest BCUT2D eigenvalue weighted by Crippen LogP contribution is 2.34. The number of ether oxygens (including phenoxy) is 2. The Morgan fingerprint density at radius 3 is 2.33 bits per heavy atom. The van der Waals surface area contributed by atoms with Crippen molar-refractivity contribution in [2.75, 3.05) is 26.4 Å². The Kier molecular flexibility index (Phi) is 9.56. The molecule has 3 nitrogen and oxygen atoms in total.